The number of nitriles is 1. The fourth-order valence-electron chi connectivity index (χ4n) is 1.28. The number of nitrogens with zero attached hydrogens (tertiary/aromatic N) is 3. The van der Waals surface area contributed by atoms with E-state index in [0.717, 1.165) is 15.9 Å². The van der Waals surface area contributed by atoms with Gasteiger partial charge in [-0.3, -0.25) is 0 Å². The van der Waals surface area contributed by atoms with Gasteiger partial charge in [-0.2, -0.15) is 5.26 Å². The molecule has 0 fully saturated rings. The number of aryl methyl sites for hydroxylation is 1. The Balaban J connectivity index is 3.16. The van der Waals surface area contributed by atoms with Crippen molar-refractivity contribution in [3.8, 4) is 6.07 Å². The molecule has 1 atom stereocenters. The normalized spacial score (nSPS) is 11.8. The Hall–Kier alpha value is -1.21. The van der Waals surface area contributed by atoms with Crippen LogP contribution in [0.1, 0.15) is 23.6 Å². The molecule has 0 unspecified atom stereocenters. The van der Waals surface area contributed by atoms with Gasteiger partial charge in [0.25, 0.3) is 0 Å². The highest BCUT2D eigenvalue weighted by Gasteiger charge is 2.14. The Morgan fingerprint density at radius 2 is 2.43 bits per heavy atom. The molecule has 1 heterocycles. The van der Waals surface area contributed by atoms with E-state index in [9.17, 15) is 0 Å². The lowest BCUT2D eigenvalue weighted by Crippen LogP contribution is -2.02. The molecule has 4 heteroatoms. The predicted octanol–water partition coefficient (Wildman–Crippen LogP) is 2.73. The van der Waals surface area contributed by atoms with Crippen LogP contribution in [0, 0.1) is 18.3 Å². The molecule has 1 aromatic heterocycles. The maximum Gasteiger partial charge on any atom is 0.116 e. The third-order valence-electron chi connectivity index (χ3n) is 2.00. The van der Waals surface area contributed by atoms with Crippen LogP contribution in [0.25, 0.3) is 0 Å². The maximum absolute atomic E-state index is 8.66. The van der Waals surface area contributed by atoms with Crippen LogP contribution in [0.15, 0.2) is 23.6 Å². The molecule has 0 amide bonds. The van der Waals surface area contributed by atoms with E-state index >= 15 is 0 Å². The second-order valence-electron chi connectivity index (χ2n) is 2.87. The van der Waals surface area contributed by atoms with Crippen molar-refractivity contribution in [3.05, 3.63) is 34.8 Å². The molecular formula is C10H10BrN3. The molecular weight excluding hydrogens is 242 g/mol. The molecule has 0 radical (unpaired) electrons. The molecule has 0 aliphatic carbocycles. The Labute approximate surface area is 91.6 Å². The summed E-state index contributed by atoms with van der Waals surface area (Å²) >= 11 is 3.35. The molecule has 0 N–H and O–H groups in total. The van der Waals surface area contributed by atoms with Gasteiger partial charge in [0.2, 0.25) is 0 Å². The second kappa shape index (κ2) is 4.87. The minimum absolute atomic E-state index is 0.00410. The smallest absolute Gasteiger partial charge is 0.116 e. The van der Waals surface area contributed by atoms with E-state index in [1.807, 2.05) is 6.92 Å². The second-order valence-corrected chi connectivity index (χ2v) is 3.62. The van der Waals surface area contributed by atoms with Gasteiger partial charge in [-0.1, -0.05) is 6.08 Å². The van der Waals surface area contributed by atoms with Gasteiger partial charge in [0.15, 0.2) is 0 Å². The third kappa shape index (κ3) is 2.18. The van der Waals surface area contributed by atoms with Crippen LogP contribution in [0.3, 0.4) is 0 Å². The molecule has 1 aromatic rings. The zero-order chi connectivity index (χ0) is 10.6. The van der Waals surface area contributed by atoms with E-state index in [4.69, 9.17) is 5.26 Å². The van der Waals surface area contributed by atoms with Gasteiger partial charge in [0, 0.05) is 23.6 Å². The number of halogens is 1. The maximum atomic E-state index is 8.66. The third-order valence-corrected chi connectivity index (χ3v) is 2.63. The first-order chi connectivity index (χ1) is 6.70. The molecule has 0 aromatic carbocycles. The van der Waals surface area contributed by atoms with E-state index in [1.54, 1.807) is 6.08 Å². The molecule has 0 spiro atoms. The molecule has 72 valence electrons. The zero-order valence-corrected chi connectivity index (χ0v) is 9.45. The van der Waals surface area contributed by atoms with Gasteiger partial charge < -0.3 is 0 Å². The van der Waals surface area contributed by atoms with E-state index in [0.29, 0.717) is 6.42 Å². The molecule has 3 nitrogen and oxygen atoms in total. The highest BCUT2D eigenvalue weighted by atomic mass is 79.9. The van der Waals surface area contributed by atoms with Crippen LogP contribution in [0.2, 0.25) is 0 Å². The fraction of sp³-hybridized carbons (Fsp3) is 0.300. The first kappa shape index (κ1) is 10.9. The summed E-state index contributed by atoms with van der Waals surface area (Å²) in [5.41, 5.74) is 1.83. The lowest BCUT2D eigenvalue weighted by molar-refractivity contribution is 0.828. The van der Waals surface area contributed by atoms with Crippen LogP contribution in [0.5, 0.6) is 0 Å². The molecule has 0 saturated carbocycles. The quantitative estimate of drug-likeness (QED) is 0.613. The van der Waals surface area contributed by atoms with Crippen molar-refractivity contribution < 1.29 is 0 Å². The van der Waals surface area contributed by atoms with Crippen molar-refractivity contribution in [2.45, 2.75) is 19.3 Å². The highest BCUT2D eigenvalue weighted by molar-refractivity contribution is 9.10. The molecule has 0 saturated heterocycles. The van der Waals surface area contributed by atoms with E-state index in [-0.39, 0.29) is 5.92 Å². The van der Waals surface area contributed by atoms with Crippen LogP contribution < -0.4 is 0 Å². The summed E-state index contributed by atoms with van der Waals surface area (Å²) in [4.78, 5) is 8.13. The molecule has 0 aliphatic rings. The number of allylic oxidation sites excluding steroid dienone is 1. The number of aromatic nitrogens is 2. The molecule has 14 heavy (non-hydrogen) atoms. The largest absolute Gasteiger partial charge is 0.241 e. The fourth-order valence-corrected chi connectivity index (χ4v) is 1.95. The van der Waals surface area contributed by atoms with Gasteiger partial charge in [-0.15, -0.1) is 6.58 Å². The molecule has 0 bridgehead atoms. The van der Waals surface area contributed by atoms with Crippen molar-refractivity contribution >= 4 is 15.9 Å². The number of rotatable bonds is 3. The average molecular weight is 252 g/mol. The predicted molar refractivity (Wildman–Crippen MR) is 57.6 cm³/mol. The van der Waals surface area contributed by atoms with Crippen molar-refractivity contribution in [2.24, 2.45) is 0 Å². The van der Waals surface area contributed by atoms with Crippen LogP contribution in [-0.2, 0) is 0 Å². The molecule has 1 rings (SSSR count). The van der Waals surface area contributed by atoms with Gasteiger partial charge >= 0.3 is 0 Å². The summed E-state index contributed by atoms with van der Waals surface area (Å²) in [6.45, 7) is 5.61. The van der Waals surface area contributed by atoms with Crippen molar-refractivity contribution in [2.75, 3.05) is 0 Å². The summed E-state index contributed by atoms with van der Waals surface area (Å²) in [6, 6.07) is 2.12. The Morgan fingerprint density at radius 3 is 2.93 bits per heavy atom. The van der Waals surface area contributed by atoms with E-state index < -0.39 is 0 Å². The zero-order valence-electron chi connectivity index (χ0n) is 7.87. The summed E-state index contributed by atoms with van der Waals surface area (Å²) in [5.74, 6) is -0.00410. The Morgan fingerprint density at radius 1 is 1.71 bits per heavy atom. The van der Waals surface area contributed by atoms with Gasteiger partial charge in [-0.05, 0) is 22.9 Å². The average Bonchev–Trinajstić information content (AvgIpc) is 2.16. The van der Waals surface area contributed by atoms with Crippen molar-refractivity contribution in [3.63, 3.8) is 0 Å². The minimum atomic E-state index is -0.00410. The van der Waals surface area contributed by atoms with Crippen LogP contribution in [0.4, 0.5) is 0 Å². The lowest BCUT2D eigenvalue weighted by atomic mass is 9.97. The first-order valence-electron chi connectivity index (χ1n) is 4.17. The minimum Gasteiger partial charge on any atom is -0.241 e. The Bertz CT molecular complexity index is 361. The first-order valence-corrected chi connectivity index (χ1v) is 4.96. The van der Waals surface area contributed by atoms with Crippen molar-refractivity contribution in [1.29, 1.82) is 5.26 Å². The molecule has 0 aliphatic heterocycles. The Kier molecular flexibility index (Phi) is 3.78. The summed E-state index contributed by atoms with van der Waals surface area (Å²) in [6.07, 6.45) is 3.64. The summed E-state index contributed by atoms with van der Waals surface area (Å²) in [7, 11) is 0. The summed E-state index contributed by atoms with van der Waals surface area (Å²) in [5, 5.41) is 8.66. The van der Waals surface area contributed by atoms with Crippen LogP contribution in [-0.4, -0.2) is 9.97 Å². The van der Waals surface area contributed by atoms with E-state index in [2.05, 4.69) is 38.5 Å². The SMILES string of the molecule is C=C[C@H](CC#N)c1c(C)ncnc1Br. The summed E-state index contributed by atoms with van der Waals surface area (Å²) < 4.78 is 0.741. The van der Waals surface area contributed by atoms with Gasteiger partial charge in [-0.25, -0.2) is 9.97 Å². The highest BCUT2D eigenvalue weighted by Crippen LogP contribution is 2.28. The monoisotopic (exact) mass is 251 g/mol. The number of hydrogen-bond donors (Lipinski definition) is 0. The number of hydrogen-bond acceptors (Lipinski definition) is 3. The van der Waals surface area contributed by atoms with Gasteiger partial charge in [0.05, 0.1) is 6.07 Å². The van der Waals surface area contributed by atoms with Gasteiger partial charge in [0.1, 0.15) is 10.9 Å². The topological polar surface area (TPSA) is 49.6 Å². The van der Waals surface area contributed by atoms with E-state index in [1.165, 1.54) is 6.33 Å². The van der Waals surface area contributed by atoms with Crippen molar-refractivity contribution in [1.82, 2.24) is 9.97 Å². The van der Waals surface area contributed by atoms with Crippen LogP contribution >= 0.6 is 15.9 Å². The lowest BCUT2D eigenvalue weighted by Gasteiger charge is -2.12. The standard InChI is InChI=1S/C10H10BrN3/c1-3-8(4-5-12)9-7(2)13-6-14-10(9)11/h3,6,8H,1,4H2,2H3/t8-/m1/s1.